The van der Waals surface area contributed by atoms with Crippen LogP contribution in [0, 0.1) is 11.6 Å². The lowest BCUT2D eigenvalue weighted by molar-refractivity contribution is 0.194. The first-order chi connectivity index (χ1) is 16.1. The molecule has 3 aromatic heterocycles. The molecule has 1 aromatic carbocycles. The van der Waals surface area contributed by atoms with Gasteiger partial charge in [0.15, 0.2) is 5.65 Å². The van der Waals surface area contributed by atoms with Gasteiger partial charge in [0.25, 0.3) is 0 Å². The molecule has 0 saturated carbocycles. The number of aromatic nitrogens is 4. The Morgan fingerprint density at radius 3 is 2.76 bits per heavy atom. The predicted molar refractivity (Wildman–Crippen MR) is 126 cm³/mol. The van der Waals surface area contributed by atoms with E-state index in [0.29, 0.717) is 13.1 Å². The van der Waals surface area contributed by atoms with Crippen molar-refractivity contribution in [1.29, 1.82) is 0 Å². The molecule has 4 heterocycles. The van der Waals surface area contributed by atoms with E-state index >= 15 is 0 Å². The zero-order valence-corrected chi connectivity index (χ0v) is 19.5. The van der Waals surface area contributed by atoms with Gasteiger partial charge in [0.05, 0.1) is 16.4 Å². The van der Waals surface area contributed by atoms with Crippen LogP contribution in [-0.4, -0.2) is 37.6 Å². The number of halogens is 3. The predicted octanol–water partition coefficient (Wildman–Crippen LogP) is 5.16. The highest BCUT2D eigenvalue weighted by molar-refractivity contribution is 9.10. The standard InChI is InChI=1S/C24H23BrF2N6/c25-19-13-30-33-23(29-12-16-4-2-8-28-11-16)10-22(31-24(19)33)17-5-3-9-32(14-17)15-18-20(26)6-1-7-21(18)27/h1-2,4,6-8,10-11,13,17,29H,3,5,9,12,14-15H2. The molecule has 1 aliphatic rings. The van der Waals surface area contributed by atoms with Gasteiger partial charge in [-0.3, -0.25) is 9.88 Å². The Kier molecular flexibility index (Phi) is 6.32. The van der Waals surface area contributed by atoms with Crippen molar-refractivity contribution in [2.24, 2.45) is 0 Å². The van der Waals surface area contributed by atoms with E-state index in [1.807, 2.05) is 24.4 Å². The van der Waals surface area contributed by atoms with E-state index in [0.717, 1.165) is 46.6 Å². The molecule has 5 rings (SSSR count). The number of pyridine rings is 1. The first-order valence-corrected chi connectivity index (χ1v) is 11.7. The molecule has 1 saturated heterocycles. The van der Waals surface area contributed by atoms with Crippen LogP contribution in [0.1, 0.15) is 35.6 Å². The van der Waals surface area contributed by atoms with Crippen LogP contribution >= 0.6 is 15.9 Å². The van der Waals surface area contributed by atoms with Gasteiger partial charge in [-0.15, -0.1) is 0 Å². The summed E-state index contributed by atoms with van der Waals surface area (Å²) < 4.78 is 31.0. The summed E-state index contributed by atoms with van der Waals surface area (Å²) in [6.07, 6.45) is 7.21. The number of rotatable bonds is 6. The fraction of sp³-hybridized carbons (Fsp3) is 0.292. The minimum Gasteiger partial charge on any atom is -0.366 e. The highest BCUT2D eigenvalue weighted by atomic mass is 79.9. The van der Waals surface area contributed by atoms with Crippen LogP contribution in [0.25, 0.3) is 5.65 Å². The topological polar surface area (TPSA) is 58.4 Å². The third kappa shape index (κ3) is 4.74. The number of benzene rings is 1. The number of anilines is 1. The highest BCUT2D eigenvalue weighted by Crippen LogP contribution is 2.31. The third-order valence-electron chi connectivity index (χ3n) is 6.01. The Bertz CT molecular complexity index is 1240. The van der Waals surface area contributed by atoms with E-state index in [9.17, 15) is 8.78 Å². The van der Waals surface area contributed by atoms with E-state index in [2.05, 4.69) is 36.2 Å². The summed E-state index contributed by atoms with van der Waals surface area (Å²) in [5.41, 5.74) is 2.86. The fourth-order valence-electron chi connectivity index (χ4n) is 4.33. The summed E-state index contributed by atoms with van der Waals surface area (Å²) in [4.78, 5) is 11.2. The number of nitrogens with one attached hydrogen (secondary N) is 1. The maximum absolute atomic E-state index is 14.2. The van der Waals surface area contributed by atoms with Crippen molar-refractivity contribution < 1.29 is 8.78 Å². The lowest BCUT2D eigenvalue weighted by Gasteiger charge is -2.32. The minimum absolute atomic E-state index is 0.124. The minimum atomic E-state index is -0.498. The Hall–Kier alpha value is -2.91. The molecule has 4 aromatic rings. The molecule has 0 spiro atoms. The number of fused-ring (bicyclic) bond motifs is 1. The quantitative estimate of drug-likeness (QED) is 0.386. The van der Waals surface area contributed by atoms with Crippen LogP contribution in [0.5, 0.6) is 0 Å². The van der Waals surface area contributed by atoms with Gasteiger partial charge < -0.3 is 5.32 Å². The summed E-state index contributed by atoms with van der Waals surface area (Å²) in [5, 5.41) is 7.89. The number of hydrogen-bond donors (Lipinski definition) is 1. The number of hydrogen-bond acceptors (Lipinski definition) is 5. The van der Waals surface area contributed by atoms with Crippen molar-refractivity contribution in [3.8, 4) is 0 Å². The summed E-state index contributed by atoms with van der Waals surface area (Å²) in [6.45, 7) is 2.34. The second-order valence-corrected chi connectivity index (χ2v) is 9.14. The van der Waals surface area contributed by atoms with Gasteiger partial charge in [-0.2, -0.15) is 9.61 Å². The van der Waals surface area contributed by atoms with E-state index in [1.54, 1.807) is 16.9 Å². The summed E-state index contributed by atoms with van der Waals surface area (Å²) in [6, 6.07) is 9.97. The molecule has 170 valence electrons. The summed E-state index contributed by atoms with van der Waals surface area (Å²) in [7, 11) is 0. The first kappa shape index (κ1) is 21.9. The van der Waals surface area contributed by atoms with E-state index in [4.69, 9.17) is 4.98 Å². The lowest BCUT2D eigenvalue weighted by Crippen LogP contribution is -2.34. The van der Waals surface area contributed by atoms with Crippen LogP contribution < -0.4 is 5.32 Å². The molecule has 0 amide bonds. The van der Waals surface area contributed by atoms with Gasteiger partial charge in [0, 0.05) is 49.6 Å². The first-order valence-electron chi connectivity index (χ1n) is 10.9. The van der Waals surface area contributed by atoms with Crippen LogP contribution in [0.15, 0.2) is 59.5 Å². The molecule has 0 radical (unpaired) electrons. The largest absolute Gasteiger partial charge is 0.366 e. The fourth-order valence-corrected chi connectivity index (χ4v) is 4.68. The second kappa shape index (κ2) is 9.52. The second-order valence-electron chi connectivity index (χ2n) is 8.28. The van der Waals surface area contributed by atoms with Crippen molar-refractivity contribution in [1.82, 2.24) is 24.5 Å². The smallest absolute Gasteiger partial charge is 0.171 e. The van der Waals surface area contributed by atoms with Gasteiger partial charge >= 0.3 is 0 Å². The van der Waals surface area contributed by atoms with Gasteiger partial charge in [-0.05, 0) is 59.1 Å². The third-order valence-corrected chi connectivity index (χ3v) is 6.57. The molecule has 33 heavy (non-hydrogen) atoms. The average Bonchev–Trinajstić information content (AvgIpc) is 3.21. The molecule has 9 heteroatoms. The number of nitrogens with zero attached hydrogens (tertiary/aromatic N) is 5. The van der Waals surface area contributed by atoms with E-state index in [-0.39, 0.29) is 18.0 Å². The van der Waals surface area contributed by atoms with Crippen LogP contribution in [-0.2, 0) is 13.1 Å². The molecule has 1 aliphatic heterocycles. The van der Waals surface area contributed by atoms with Crippen LogP contribution in [0.3, 0.4) is 0 Å². The highest BCUT2D eigenvalue weighted by Gasteiger charge is 2.25. The lowest BCUT2D eigenvalue weighted by atomic mass is 9.94. The van der Waals surface area contributed by atoms with E-state index < -0.39 is 11.6 Å². The Balaban J connectivity index is 1.39. The molecule has 6 nitrogen and oxygen atoms in total. The summed E-state index contributed by atoms with van der Waals surface area (Å²) >= 11 is 3.55. The van der Waals surface area contributed by atoms with Gasteiger partial charge in [0.2, 0.25) is 0 Å². The molecule has 1 unspecified atom stereocenters. The number of piperidine rings is 1. The monoisotopic (exact) mass is 512 g/mol. The average molecular weight is 513 g/mol. The molecule has 0 aliphatic carbocycles. The van der Waals surface area contributed by atoms with Crippen molar-refractivity contribution in [2.75, 3.05) is 18.4 Å². The molecule has 1 fully saturated rings. The Labute approximate surface area is 198 Å². The van der Waals surface area contributed by atoms with E-state index in [1.165, 1.54) is 18.2 Å². The van der Waals surface area contributed by atoms with Crippen LogP contribution in [0.2, 0.25) is 0 Å². The Morgan fingerprint density at radius 1 is 1.12 bits per heavy atom. The van der Waals surface area contributed by atoms with Gasteiger partial charge in [-0.1, -0.05) is 12.1 Å². The van der Waals surface area contributed by atoms with Gasteiger partial charge in [0.1, 0.15) is 17.5 Å². The van der Waals surface area contributed by atoms with Crippen molar-refractivity contribution in [3.05, 3.63) is 87.9 Å². The number of likely N-dealkylation sites (tertiary alicyclic amines) is 1. The zero-order valence-electron chi connectivity index (χ0n) is 17.9. The molecule has 0 bridgehead atoms. The van der Waals surface area contributed by atoms with Crippen molar-refractivity contribution in [3.63, 3.8) is 0 Å². The van der Waals surface area contributed by atoms with Crippen LogP contribution in [0.4, 0.5) is 14.6 Å². The molecular weight excluding hydrogens is 490 g/mol. The molecule has 1 N–H and O–H groups in total. The molecule has 1 atom stereocenters. The normalized spacial score (nSPS) is 16.9. The maximum atomic E-state index is 14.2. The Morgan fingerprint density at radius 2 is 1.97 bits per heavy atom. The SMILES string of the molecule is Fc1cccc(F)c1CN1CCCC(c2cc(NCc3cccnc3)n3ncc(Br)c3n2)C1. The van der Waals surface area contributed by atoms with Gasteiger partial charge in [-0.25, -0.2) is 13.8 Å². The molecular formula is C24H23BrF2N6. The van der Waals surface area contributed by atoms with Crippen molar-refractivity contribution >= 4 is 27.4 Å². The summed E-state index contributed by atoms with van der Waals surface area (Å²) in [5.74, 6) is -0.00959. The zero-order chi connectivity index (χ0) is 22.8. The maximum Gasteiger partial charge on any atom is 0.171 e. The van der Waals surface area contributed by atoms with Crippen molar-refractivity contribution in [2.45, 2.75) is 31.8 Å².